The number of nitrogens with one attached hydrogen (secondary N) is 2. The fourth-order valence-corrected chi connectivity index (χ4v) is 3.79. The summed E-state index contributed by atoms with van der Waals surface area (Å²) in [4.78, 5) is 24.7. The summed E-state index contributed by atoms with van der Waals surface area (Å²) >= 11 is 0. The average molecular weight is 450 g/mol. The Kier molecular flexibility index (Phi) is 6.40. The van der Waals surface area contributed by atoms with Gasteiger partial charge in [0.05, 0.1) is 13.4 Å². The number of carbonyl (C=O) groups excluding carboxylic acids is 2. The van der Waals surface area contributed by atoms with E-state index in [-0.39, 0.29) is 29.6 Å². The fourth-order valence-electron chi connectivity index (χ4n) is 3.33. The van der Waals surface area contributed by atoms with Gasteiger partial charge in [-0.1, -0.05) is 12.1 Å². The van der Waals surface area contributed by atoms with Crippen molar-refractivity contribution in [1.29, 1.82) is 0 Å². The van der Waals surface area contributed by atoms with Crippen molar-refractivity contribution in [3.63, 3.8) is 0 Å². The first-order valence-corrected chi connectivity index (χ1v) is 11.2. The minimum Gasteiger partial charge on any atom is -0.497 e. The smallest absolute Gasteiger partial charge is 0.261 e. The summed E-state index contributed by atoms with van der Waals surface area (Å²) in [5.74, 6) is -3.25. The Morgan fingerprint density at radius 1 is 0.968 bits per heavy atom. The van der Waals surface area contributed by atoms with Gasteiger partial charge in [0.1, 0.15) is 23.1 Å². The first kappa shape index (κ1) is 22.4. The maximum absolute atomic E-state index is 14.6. The molecule has 0 unspecified atom stereocenters. The van der Waals surface area contributed by atoms with Crippen molar-refractivity contribution in [2.75, 3.05) is 18.7 Å². The van der Waals surface area contributed by atoms with E-state index in [1.54, 1.807) is 29.0 Å². The van der Waals surface area contributed by atoms with Crippen molar-refractivity contribution in [3.05, 3.63) is 59.2 Å². The lowest BCUT2D eigenvalue weighted by molar-refractivity contribution is -0.117. The monoisotopic (exact) mass is 450 g/mol. The molecule has 0 saturated heterocycles. The van der Waals surface area contributed by atoms with Gasteiger partial charge in [-0.15, -0.1) is 0 Å². The lowest BCUT2D eigenvalue weighted by Gasteiger charge is -2.12. The first-order valence-electron chi connectivity index (χ1n) is 9.28. The number of ether oxygens (including phenoxy) is 1. The van der Waals surface area contributed by atoms with Crippen molar-refractivity contribution in [2.24, 2.45) is 0 Å². The molecule has 0 heterocycles. The number of hydrogen-bond donors (Lipinski definition) is 2. The zero-order chi connectivity index (χ0) is 22.8. The second kappa shape index (κ2) is 8.84. The highest BCUT2D eigenvalue weighted by Gasteiger charge is 2.28. The lowest BCUT2D eigenvalue weighted by atomic mass is 10.0. The predicted molar refractivity (Wildman–Crippen MR) is 111 cm³/mol. The number of anilines is 1. The molecular formula is C21H20F2N2O5S. The van der Waals surface area contributed by atoms with Crippen molar-refractivity contribution < 1.29 is 31.5 Å². The normalized spacial score (nSPS) is 13.8. The summed E-state index contributed by atoms with van der Waals surface area (Å²) in [5, 5.41) is 2.17. The van der Waals surface area contributed by atoms with Gasteiger partial charge in [0.25, 0.3) is 11.8 Å². The summed E-state index contributed by atoms with van der Waals surface area (Å²) in [6.45, 7) is 0. The zero-order valence-electron chi connectivity index (χ0n) is 16.8. The van der Waals surface area contributed by atoms with Gasteiger partial charge >= 0.3 is 0 Å². The largest absolute Gasteiger partial charge is 0.497 e. The Morgan fingerprint density at radius 3 is 2.16 bits per heavy atom. The standard InChI is InChI=1S/C21H20F2N2O5S/c1-30-14-6-3-5-12(9-14)13-10-17(22)19(18(23)11-13)24-20(26)15-7-4-8-16(15)21(27)25-31(2,28)29/h3,5-6,9-11H,4,7-8H2,1-2H3,(H,24,26)(H,25,27). The highest BCUT2D eigenvalue weighted by atomic mass is 32.2. The van der Waals surface area contributed by atoms with Crippen LogP contribution in [-0.2, 0) is 19.6 Å². The molecule has 0 saturated carbocycles. The molecule has 1 aliphatic carbocycles. The van der Waals surface area contributed by atoms with Crippen LogP contribution in [0.2, 0.25) is 0 Å². The molecule has 2 aromatic rings. The molecule has 0 bridgehead atoms. The third kappa shape index (κ3) is 5.26. The van der Waals surface area contributed by atoms with E-state index in [1.807, 2.05) is 0 Å². The molecule has 1 aliphatic rings. The number of halogens is 2. The molecule has 0 atom stereocenters. The SMILES string of the molecule is COc1cccc(-c2cc(F)c(NC(=O)C3=C(C(=O)NS(C)(=O)=O)CCC3)c(F)c2)c1. The Bertz CT molecular complexity index is 1170. The van der Waals surface area contributed by atoms with Crippen molar-refractivity contribution in [3.8, 4) is 16.9 Å². The van der Waals surface area contributed by atoms with E-state index >= 15 is 0 Å². The topological polar surface area (TPSA) is 102 Å². The molecule has 10 heteroatoms. The number of rotatable bonds is 6. The molecule has 3 rings (SSSR count). The zero-order valence-corrected chi connectivity index (χ0v) is 17.6. The summed E-state index contributed by atoms with van der Waals surface area (Å²) in [6.07, 6.45) is 1.62. The van der Waals surface area contributed by atoms with Crippen LogP contribution >= 0.6 is 0 Å². The molecule has 2 amide bonds. The van der Waals surface area contributed by atoms with Gasteiger partial charge in [-0.2, -0.15) is 0 Å². The summed E-state index contributed by atoms with van der Waals surface area (Å²) in [5.41, 5.74) is 0.0981. The Morgan fingerprint density at radius 2 is 1.58 bits per heavy atom. The fraction of sp³-hybridized carbons (Fsp3) is 0.238. The quantitative estimate of drug-likeness (QED) is 0.704. The van der Waals surface area contributed by atoms with Crippen LogP contribution in [0.25, 0.3) is 11.1 Å². The summed E-state index contributed by atoms with van der Waals surface area (Å²) in [6, 6.07) is 8.79. The molecule has 0 radical (unpaired) electrons. The third-order valence-corrected chi connectivity index (χ3v) is 5.28. The van der Waals surface area contributed by atoms with Crippen molar-refractivity contribution in [2.45, 2.75) is 19.3 Å². The van der Waals surface area contributed by atoms with Crippen LogP contribution in [0.4, 0.5) is 14.5 Å². The van der Waals surface area contributed by atoms with Crippen LogP contribution in [0.3, 0.4) is 0 Å². The van der Waals surface area contributed by atoms with E-state index in [1.165, 1.54) is 7.11 Å². The summed E-state index contributed by atoms with van der Waals surface area (Å²) in [7, 11) is -2.34. The van der Waals surface area contributed by atoms with E-state index in [9.17, 15) is 26.8 Å². The van der Waals surface area contributed by atoms with Crippen molar-refractivity contribution >= 4 is 27.5 Å². The molecule has 164 valence electrons. The first-order chi connectivity index (χ1) is 14.6. The van der Waals surface area contributed by atoms with E-state index in [0.29, 0.717) is 17.7 Å². The van der Waals surface area contributed by atoms with Gasteiger partial charge in [-0.05, 0) is 54.7 Å². The number of amides is 2. The van der Waals surface area contributed by atoms with Crippen LogP contribution in [0, 0.1) is 11.6 Å². The molecule has 7 nitrogen and oxygen atoms in total. The molecule has 0 spiro atoms. The molecule has 0 fully saturated rings. The van der Waals surface area contributed by atoms with Gasteiger partial charge in [-0.25, -0.2) is 21.9 Å². The van der Waals surface area contributed by atoms with Gasteiger partial charge in [0, 0.05) is 11.1 Å². The van der Waals surface area contributed by atoms with Gasteiger partial charge in [-0.3, -0.25) is 9.59 Å². The maximum Gasteiger partial charge on any atom is 0.261 e. The molecule has 0 aromatic heterocycles. The van der Waals surface area contributed by atoms with Crippen LogP contribution in [0.15, 0.2) is 47.5 Å². The van der Waals surface area contributed by atoms with Crippen LogP contribution < -0.4 is 14.8 Å². The molecule has 2 N–H and O–H groups in total. The second-order valence-corrected chi connectivity index (χ2v) is 8.76. The second-order valence-electron chi connectivity index (χ2n) is 7.01. The Hall–Kier alpha value is -3.27. The summed E-state index contributed by atoms with van der Waals surface area (Å²) < 4.78 is 58.8. The predicted octanol–water partition coefficient (Wildman–Crippen LogP) is 3.14. The third-order valence-electron chi connectivity index (χ3n) is 4.73. The van der Waals surface area contributed by atoms with Crippen LogP contribution in [0.1, 0.15) is 19.3 Å². The van der Waals surface area contributed by atoms with E-state index in [2.05, 4.69) is 5.32 Å². The van der Waals surface area contributed by atoms with Crippen molar-refractivity contribution in [1.82, 2.24) is 4.72 Å². The van der Waals surface area contributed by atoms with E-state index in [0.717, 1.165) is 18.4 Å². The highest BCUT2D eigenvalue weighted by molar-refractivity contribution is 7.89. The maximum atomic E-state index is 14.6. The minimum absolute atomic E-state index is 0.00294. The number of benzene rings is 2. The molecule has 31 heavy (non-hydrogen) atoms. The molecular weight excluding hydrogens is 430 g/mol. The molecule has 0 aliphatic heterocycles. The lowest BCUT2D eigenvalue weighted by Crippen LogP contribution is -2.31. The minimum atomic E-state index is -3.81. The van der Waals surface area contributed by atoms with Gasteiger partial charge in [0.2, 0.25) is 10.0 Å². The number of sulfonamides is 1. The van der Waals surface area contributed by atoms with Crippen LogP contribution in [-0.4, -0.2) is 33.6 Å². The number of hydrogen-bond acceptors (Lipinski definition) is 5. The average Bonchev–Trinajstić information content (AvgIpc) is 3.19. The van der Waals surface area contributed by atoms with Gasteiger partial charge in [0.15, 0.2) is 0 Å². The Labute approximate surface area is 178 Å². The molecule has 2 aromatic carbocycles. The van der Waals surface area contributed by atoms with Crippen LogP contribution in [0.5, 0.6) is 5.75 Å². The number of methoxy groups -OCH3 is 1. The number of carbonyl (C=O) groups is 2. The Balaban J connectivity index is 1.87. The van der Waals surface area contributed by atoms with Gasteiger partial charge < -0.3 is 10.1 Å². The highest BCUT2D eigenvalue weighted by Crippen LogP contribution is 2.31. The van der Waals surface area contributed by atoms with E-state index < -0.39 is 39.2 Å². The van der Waals surface area contributed by atoms with E-state index in [4.69, 9.17) is 4.74 Å².